The number of hydrogen-bond donors (Lipinski definition) is 1. The van der Waals surface area contributed by atoms with Crippen molar-refractivity contribution in [3.63, 3.8) is 0 Å². The van der Waals surface area contributed by atoms with Crippen LogP contribution in [-0.2, 0) is 4.74 Å². The molecule has 0 bridgehead atoms. The summed E-state index contributed by atoms with van der Waals surface area (Å²) >= 11 is 4.76. The molecule has 0 spiro atoms. The molecule has 2 N–H and O–H groups in total. The highest BCUT2D eigenvalue weighted by Crippen LogP contribution is 1.94. The van der Waals surface area contributed by atoms with Crippen LogP contribution in [0, 0.1) is 0 Å². The zero-order valence-electron chi connectivity index (χ0n) is 6.63. The van der Waals surface area contributed by atoms with Crippen LogP contribution < -0.4 is 5.73 Å². The molecule has 0 aromatic heterocycles. The first-order valence-corrected chi connectivity index (χ1v) is 3.51. The van der Waals surface area contributed by atoms with E-state index in [1.54, 1.807) is 12.0 Å². The molecule has 0 radical (unpaired) electrons. The van der Waals surface area contributed by atoms with Crippen molar-refractivity contribution in [3.8, 4) is 0 Å². The van der Waals surface area contributed by atoms with Crippen molar-refractivity contribution in [1.29, 1.82) is 0 Å². The van der Waals surface area contributed by atoms with Crippen LogP contribution in [0.25, 0.3) is 0 Å². The molecule has 0 aromatic rings. The number of methoxy groups -OCH3 is 1. The van der Waals surface area contributed by atoms with Crippen molar-refractivity contribution in [2.45, 2.75) is 13.0 Å². The first kappa shape index (κ1) is 9.65. The average molecular weight is 162 g/mol. The van der Waals surface area contributed by atoms with Gasteiger partial charge in [-0.15, -0.1) is 0 Å². The van der Waals surface area contributed by atoms with Crippen LogP contribution in [0.3, 0.4) is 0 Å². The van der Waals surface area contributed by atoms with Gasteiger partial charge in [-0.3, -0.25) is 0 Å². The first-order chi connectivity index (χ1) is 4.59. The Morgan fingerprint density at radius 1 is 1.80 bits per heavy atom. The Bertz CT molecular complexity index is 118. The highest BCUT2D eigenvalue weighted by molar-refractivity contribution is 7.80. The average Bonchev–Trinajstić information content (AvgIpc) is 1.87. The quantitative estimate of drug-likeness (QED) is 0.602. The minimum atomic E-state index is 0.252. The van der Waals surface area contributed by atoms with Crippen LogP contribution in [0.2, 0.25) is 0 Å². The van der Waals surface area contributed by atoms with Gasteiger partial charge < -0.3 is 15.4 Å². The normalized spacial score (nSPS) is 12.7. The summed E-state index contributed by atoms with van der Waals surface area (Å²) in [7, 11) is 3.51. The van der Waals surface area contributed by atoms with Crippen molar-refractivity contribution in [2.24, 2.45) is 5.73 Å². The van der Waals surface area contributed by atoms with Crippen LogP contribution in [0.15, 0.2) is 0 Å². The fourth-order valence-electron chi connectivity index (χ4n) is 0.570. The van der Waals surface area contributed by atoms with E-state index in [9.17, 15) is 0 Å². The van der Waals surface area contributed by atoms with E-state index in [1.165, 1.54) is 0 Å². The Kier molecular flexibility index (Phi) is 4.31. The lowest BCUT2D eigenvalue weighted by molar-refractivity contribution is 0.146. The van der Waals surface area contributed by atoms with Gasteiger partial charge >= 0.3 is 0 Å². The monoisotopic (exact) mass is 162 g/mol. The molecule has 0 aliphatic carbocycles. The topological polar surface area (TPSA) is 38.5 Å². The van der Waals surface area contributed by atoms with Gasteiger partial charge in [-0.25, -0.2) is 0 Å². The van der Waals surface area contributed by atoms with Crippen molar-refractivity contribution < 1.29 is 4.74 Å². The number of nitrogens with two attached hydrogens (primary N) is 1. The summed E-state index contributed by atoms with van der Waals surface area (Å²) in [6.45, 7) is 2.65. The van der Waals surface area contributed by atoms with Gasteiger partial charge in [0.1, 0.15) is 0 Å². The van der Waals surface area contributed by atoms with E-state index >= 15 is 0 Å². The molecule has 0 aliphatic heterocycles. The smallest absolute Gasteiger partial charge is 0.166 e. The molecule has 0 saturated carbocycles. The molecule has 1 atom stereocenters. The zero-order valence-corrected chi connectivity index (χ0v) is 7.44. The van der Waals surface area contributed by atoms with Gasteiger partial charge in [0.15, 0.2) is 5.11 Å². The Morgan fingerprint density at radius 2 is 2.30 bits per heavy atom. The number of nitrogens with zero attached hydrogens (tertiary/aromatic N) is 1. The second-order valence-corrected chi connectivity index (χ2v) is 2.67. The third-order valence-electron chi connectivity index (χ3n) is 1.42. The molecule has 0 saturated heterocycles. The highest BCUT2D eigenvalue weighted by Gasteiger charge is 2.08. The molecular formula is C6H14N2OS. The van der Waals surface area contributed by atoms with Crippen molar-refractivity contribution in [1.82, 2.24) is 4.90 Å². The SMILES string of the molecule is COC[C@H](C)N(C)C(N)=S. The maximum atomic E-state index is 5.37. The van der Waals surface area contributed by atoms with Crippen LogP contribution in [-0.4, -0.2) is 36.8 Å². The molecule has 0 unspecified atom stereocenters. The van der Waals surface area contributed by atoms with E-state index in [-0.39, 0.29) is 6.04 Å². The number of ether oxygens (including phenoxy) is 1. The molecule has 4 heteroatoms. The molecule has 0 aliphatic rings. The third kappa shape index (κ3) is 2.98. The standard InChI is InChI=1S/C6H14N2OS/c1-5(4-9-3)8(2)6(7)10/h5H,4H2,1-3H3,(H2,7,10)/t5-/m0/s1. The minimum absolute atomic E-state index is 0.252. The summed E-state index contributed by atoms with van der Waals surface area (Å²) in [5.41, 5.74) is 5.37. The lowest BCUT2D eigenvalue weighted by Gasteiger charge is -2.23. The van der Waals surface area contributed by atoms with E-state index in [0.717, 1.165) is 0 Å². The van der Waals surface area contributed by atoms with E-state index in [0.29, 0.717) is 11.7 Å². The summed E-state index contributed by atoms with van der Waals surface area (Å²) in [4.78, 5) is 1.80. The minimum Gasteiger partial charge on any atom is -0.383 e. The molecule has 0 heterocycles. The van der Waals surface area contributed by atoms with Gasteiger partial charge in [0.05, 0.1) is 12.6 Å². The molecular weight excluding hydrogens is 148 g/mol. The maximum absolute atomic E-state index is 5.37. The summed E-state index contributed by atoms with van der Waals surface area (Å²) in [6.07, 6.45) is 0. The second-order valence-electron chi connectivity index (χ2n) is 2.25. The Morgan fingerprint density at radius 3 is 2.60 bits per heavy atom. The van der Waals surface area contributed by atoms with E-state index in [1.807, 2.05) is 14.0 Å². The van der Waals surface area contributed by atoms with Crippen LogP contribution >= 0.6 is 12.2 Å². The molecule has 60 valence electrons. The lowest BCUT2D eigenvalue weighted by atomic mass is 10.3. The molecule has 10 heavy (non-hydrogen) atoms. The number of rotatable bonds is 3. The summed E-state index contributed by atoms with van der Waals surface area (Å²) < 4.78 is 4.92. The second kappa shape index (κ2) is 4.46. The molecule has 0 aromatic carbocycles. The fraction of sp³-hybridized carbons (Fsp3) is 0.833. The zero-order chi connectivity index (χ0) is 8.15. The molecule has 3 nitrogen and oxygen atoms in total. The van der Waals surface area contributed by atoms with Gasteiger partial charge in [0.2, 0.25) is 0 Å². The third-order valence-corrected chi connectivity index (χ3v) is 1.70. The lowest BCUT2D eigenvalue weighted by Crippen LogP contribution is -2.40. The van der Waals surface area contributed by atoms with Crippen molar-refractivity contribution >= 4 is 17.3 Å². The number of likely N-dealkylation sites (N-methyl/N-ethyl adjacent to an activating group) is 1. The largest absolute Gasteiger partial charge is 0.383 e. The molecule has 0 amide bonds. The van der Waals surface area contributed by atoms with E-state index in [2.05, 4.69) is 0 Å². The van der Waals surface area contributed by atoms with Gasteiger partial charge in [0.25, 0.3) is 0 Å². The number of thiocarbonyl (C=S) groups is 1. The van der Waals surface area contributed by atoms with Crippen molar-refractivity contribution in [3.05, 3.63) is 0 Å². The predicted octanol–water partition coefficient (Wildman–Crippen LogP) is 0.197. The Balaban J connectivity index is 3.69. The van der Waals surface area contributed by atoms with Gasteiger partial charge in [-0.05, 0) is 19.1 Å². The van der Waals surface area contributed by atoms with E-state index in [4.69, 9.17) is 22.7 Å². The molecule has 0 fully saturated rings. The highest BCUT2D eigenvalue weighted by atomic mass is 32.1. The Hall–Kier alpha value is -0.350. The summed E-state index contributed by atoms with van der Waals surface area (Å²) in [5.74, 6) is 0. The predicted molar refractivity (Wildman–Crippen MR) is 45.9 cm³/mol. The first-order valence-electron chi connectivity index (χ1n) is 3.10. The molecule has 0 rings (SSSR count). The maximum Gasteiger partial charge on any atom is 0.166 e. The van der Waals surface area contributed by atoms with Gasteiger partial charge in [0, 0.05) is 14.2 Å². The summed E-state index contributed by atoms with van der Waals surface area (Å²) in [6, 6.07) is 0.252. The fourth-order valence-corrected chi connectivity index (χ4v) is 0.750. The Labute approximate surface area is 67.1 Å². The number of hydrogen-bond acceptors (Lipinski definition) is 2. The van der Waals surface area contributed by atoms with Crippen molar-refractivity contribution in [2.75, 3.05) is 20.8 Å². The summed E-state index contributed by atoms with van der Waals surface area (Å²) in [5, 5.41) is 0.407. The van der Waals surface area contributed by atoms with Gasteiger partial charge in [-0.2, -0.15) is 0 Å². The van der Waals surface area contributed by atoms with Crippen LogP contribution in [0.5, 0.6) is 0 Å². The van der Waals surface area contributed by atoms with Gasteiger partial charge in [-0.1, -0.05) is 0 Å². The van der Waals surface area contributed by atoms with Crippen LogP contribution in [0.1, 0.15) is 6.92 Å². The van der Waals surface area contributed by atoms with E-state index < -0.39 is 0 Å². The van der Waals surface area contributed by atoms with Crippen LogP contribution in [0.4, 0.5) is 0 Å².